The molecule has 1 aromatic rings. The van der Waals surface area contributed by atoms with Crippen molar-refractivity contribution in [1.82, 2.24) is 10.0 Å². The predicted molar refractivity (Wildman–Crippen MR) is 75.7 cm³/mol. The third-order valence-electron chi connectivity index (χ3n) is 2.58. The van der Waals surface area contributed by atoms with Crippen molar-refractivity contribution in [2.45, 2.75) is 30.8 Å². The summed E-state index contributed by atoms with van der Waals surface area (Å²) in [6.45, 7) is 3.64. The Morgan fingerprint density at radius 2 is 1.85 bits per heavy atom. The van der Waals surface area contributed by atoms with Crippen molar-refractivity contribution in [2.75, 3.05) is 13.7 Å². The number of sulfonamides is 1. The molecule has 0 aliphatic heterocycles. The van der Waals surface area contributed by atoms with E-state index in [4.69, 9.17) is 4.74 Å². The molecule has 2 atom stereocenters. The van der Waals surface area contributed by atoms with Crippen LogP contribution in [0.2, 0.25) is 0 Å². The Hall–Kier alpha value is -1.44. The van der Waals surface area contributed by atoms with Crippen molar-refractivity contribution in [1.29, 1.82) is 0 Å². The van der Waals surface area contributed by atoms with Crippen molar-refractivity contribution >= 4 is 15.9 Å². The smallest absolute Gasteiger partial charge is 0.241 e. The van der Waals surface area contributed by atoms with E-state index in [2.05, 4.69) is 10.0 Å². The van der Waals surface area contributed by atoms with E-state index in [0.29, 0.717) is 6.61 Å². The lowest BCUT2D eigenvalue weighted by Crippen LogP contribution is -2.48. The number of methoxy groups -OCH3 is 1. The molecule has 0 heterocycles. The maximum Gasteiger partial charge on any atom is 0.241 e. The first-order valence-electron chi connectivity index (χ1n) is 6.23. The van der Waals surface area contributed by atoms with E-state index in [1.165, 1.54) is 26.2 Å². The summed E-state index contributed by atoms with van der Waals surface area (Å²) in [6.07, 6.45) is 0. The Labute approximate surface area is 119 Å². The zero-order valence-corrected chi connectivity index (χ0v) is 12.6. The highest BCUT2D eigenvalue weighted by molar-refractivity contribution is 7.89. The van der Waals surface area contributed by atoms with Crippen molar-refractivity contribution in [3.63, 3.8) is 0 Å². The Kier molecular flexibility index (Phi) is 6.12. The van der Waals surface area contributed by atoms with Crippen LogP contribution < -0.4 is 10.0 Å². The molecular weight excluding hydrogens is 280 g/mol. The molecule has 0 aliphatic rings. The summed E-state index contributed by atoms with van der Waals surface area (Å²) in [5, 5.41) is 2.66. The molecule has 112 valence electrons. The molecule has 6 nitrogen and oxygen atoms in total. The summed E-state index contributed by atoms with van der Waals surface area (Å²) < 4.78 is 31.3. The number of carbonyl (C=O) groups excluding carboxylic acids is 1. The van der Waals surface area contributed by atoms with Gasteiger partial charge in [0, 0.05) is 13.2 Å². The van der Waals surface area contributed by atoms with Crippen LogP contribution in [-0.2, 0) is 19.6 Å². The van der Waals surface area contributed by atoms with Gasteiger partial charge in [0.15, 0.2) is 0 Å². The van der Waals surface area contributed by atoms with Crippen LogP contribution in [0.3, 0.4) is 0 Å². The molecule has 0 fully saturated rings. The van der Waals surface area contributed by atoms with Gasteiger partial charge in [-0.1, -0.05) is 18.2 Å². The first-order valence-corrected chi connectivity index (χ1v) is 7.72. The van der Waals surface area contributed by atoms with Gasteiger partial charge in [-0.3, -0.25) is 4.79 Å². The van der Waals surface area contributed by atoms with Crippen LogP contribution >= 0.6 is 0 Å². The Balaban J connectivity index is 2.66. The van der Waals surface area contributed by atoms with Gasteiger partial charge in [-0.25, -0.2) is 8.42 Å². The number of rotatable bonds is 7. The quantitative estimate of drug-likeness (QED) is 0.768. The summed E-state index contributed by atoms with van der Waals surface area (Å²) in [5.74, 6) is -0.394. The molecule has 0 saturated heterocycles. The van der Waals surface area contributed by atoms with Gasteiger partial charge in [0.25, 0.3) is 0 Å². The molecule has 0 aromatic heterocycles. The molecule has 0 aliphatic carbocycles. The van der Waals surface area contributed by atoms with Gasteiger partial charge >= 0.3 is 0 Å². The summed E-state index contributed by atoms with van der Waals surface area (Å²) >= 11 is 0. The highest BCUT2D eigenvalue weighted by Gasteiger charge is 2.22. The lowest BCUT2D eigenvalue weighted by Gasteiger charge is -2.18. The van der Waals surface area contributed by atoms with Gasteiger partial charge in [0.2, 0.25) is 15.9 Å². The van der Waals surface area contributed by atoms with Crippen LogP contribution in [-0.4, -0.2) is 40.1 Å². The van der Waals surface area contributed by atoms with E-state index in [1.807, 2.05) is 0 Å². The summed E-state index contributed by atoms with van der Waals surface area (Å²) in [4.78, 5) is 12.0. The number of nitrogens with one attached hydrogen (secondary N) is 2. The molecule has 7 heteroatoms. The second-order valence-electron chi connectivity index (χ2n) is 4.52. The largest absolute Gasteiger partial charge is 0.383 e. The fourth-order valence-electron chi connectivity index (χ4n) is 1.61. The molecule has 1 amide bonds. The minimum atomic E-state index is -3.69. The SMILES string of the molecule is COCC(C)NC(=O)C(C)NS(=O)(=O)c1ccccc1. The van der Waals surface area contributed by atoms with Gasteiger partial charge < -0.3 is 10.1 Å². The van der Waals surface area contributed by atoms with Crippen LogP contribution in [0.25, 0.3) is 0 Å². The van der Waals surface area contributed by atoms with Gasteiger partial charge in [0.05, 0.1) is 17.5 Å². The minimum Gasteiger partial charge on any atom is -0.383 e. The zero-order chi connectivity index (χ0) is 15.2. The van der Waals surface area contributed by atoms with Crippen LogP contribution in [0, 0.1) is 0 Å². The Morgan fingerprint density at radius 1 is 1.25 bits per heavy atom. The molecule has 2 N–H and O–H groups in total. The molecule has 1 rings (SSSR count). The summed E-state index contributed by atoms with van der Waals surface area (Å²) in [5.41, 5.74) is 0. The van der Waals surface area contributed by atoms with Crippen LogP contribution in [0.1, 0.15) is 13.8 Å². The van der Waals surface area contributed by atoms with Gasteiger partial charge in [-0.15, -0.1) is 0 Å². The van der Waals surface area contributed by atoms with E-state index in [-0.39, 0.29) is 10.9 Å². The average Bonchev–Trinajstić information content (AvgIpc) is 2.39. The standard InChI is InChI=1S/C13H20N2O4S/c1-10(9-19-3)14-13(16)11(2)15-20(17,18)12-7-5-4-6-8-12/h4-8,10-11,15H,9H2,1-3H3,(H,14,16). The molecule has 0 saturated carbocycles. The molecule has 1 aromatic carbocycles. The number of carbonyl (C=O) groups is 1. The van der Waals surface area contributed by atoms with Crippen molar-refractivity contribution in [3.05, 3.63) is 30.3 Å². The van der Waals surface area contributed by atoms with Crippen LogP contribution in [0.15, 0.2) is 35.2 Å². The van der Waals surface area contributed by atoms with Crippen molar-refractivity contribution < 1.29 is 17.9 Å². The number of amides is 1. The second-order valence-corrected chi connectivity index (χ2v) is 6.23. The van der Waals surface area contributed by atoms with Crippen LogP contribution in [0.4, 0.5) is 0 Å². The van der Waals surface area contributed by atoms with E-state index in [1.54, 1.807) is 25.1 Å². The molecule has 0 spiro atoms. The highest BCUT2D eigenvalue weighted by Crippen LogP contribution is 2.07. The summed E-state index contributed by atoms with van der Waals surface area (Å²) in [7, 11) is -2.16. The fraction of sp³-hybridized carbons (Fsp3) is 0.462. The maximum absolute atomic E-state index is 12.0. The number of hydrogen-bond acceptors (Lipinski definition) is 4. The highest BCUT2D eigenvalue weighted by atomic mass is 32.2. The molecular formula is C13H20N2O4S. The number of hydrogen-bond donors (Lipinski definition) is 2. The maximum atomic E-state index is 12.0. The summed E-state index contributed by atoms with van der Waals surface area (Å²) in [6, 6.07) is 6.87. The molecule has 20 heavy (non-hydrogen) atoms. The molecule has 2 unspecified atom stereocenters. The van der Waals surface area contributed by atoms with E-state index >= 15 is 0 Å². The minimum absolute atomic E-state index is 0.129. The fourth-order valence-corrected chi connectivity index (χ4v) is 2.84. The molecule has 0 radical (unpaired) electrons. The van der Waals surface area contributed by atoms with Crippen molar-refractivity contribution in [2.24, 2.45) is 0 Å². The third kappa shape index (κ3) is 4.92. The number of ether oxygens (including phenoxy) is 1. The van der Waals surface area contributed by atoms with Gasteiger partial charge in [0.1, 0.15) is 0 Å². The van der Waals surface area contributed by atoms with E-state index in [9.17, 15) is 13.2 Å². The predicted octanol–water partition coefficient (Wildman–Crippen LogP) is 0.504. The van der Waals surface area contributed by atoms with E-state index in [0.717, 1.165) is 0 Å². The third-order valence-corrected chi connectivity index (χ3v) is 4.14. The Morgan fingerprint density at radius 3 is 2.40 bits per heavy atom. The lowest BCUT2D eigenvalue weighted by atomic mass is 10.3. The lowest BCUT2D eigenvalue weighted by molar-refractivity contribution is -0.123. The van der Waals surface area contributed by atoms with E-state index < -0.39 is 22.0 Å². The Bertz CT molecular complexity index is 531. The topological polar surface area (TPSA) is 84.5 Å². The average molecular weight is 300 g/mol. The first-order chi connectivity index (χ1) is 9.36. The monoisotopic (exact) mass is 300 g/mol. The normalized spacial score (nSPS) is 14.6. The van der Waals surface area contributed by atoms with Gasteiger partial charge in [-0.2, -0.15) is 4.72 Å². The van der Waals surface area contributed by atoms with Gasteiger partial charge in [-0.05, 0) is 26.0 Å². The molecule has 0 bridgehead atoms. The second kappa shape index (κ2) is 7.37. The van der Waals surface area contributed by atoms with Crippen molar-refractivity contribution in [3.8, 4) is 0 Å². The van der Waals surface area contributed by atoms with Crippen LogP contribution in [0.5, 0.6) is 0 Å². The number of benzene rings is 1. The zero-order valence-electron chi connectivity index (χ0n) is 11.8. The first kappa shape index (κ1) is 16.6.